The second kappa shape index (κ2) is 11.4. The van der Waals surface area contributed by atoms with Crippen LogP contribution in [0.1, 0.15) is 24.5 Å². The van der Waals surface area contributed by atoms with Gasteiger partial charge in [-0.15, -0.1) is 12.4 Å². The fourth-order valence-electron chi connectivity index (χ4n) is 2.31. The lowest BCUT2D eigenvalue weighted by atomic mass is 10.1. The first-order valence-electron chi connectivity index (χ1n) is 8.55. The van der Waals surface area contributed by atoms with Gasteiger partial charge in [-0.1, -0.05) is 55.2 Å². The summed E-state index contributed by atoms with van der Waals surface area (Å²) >= 11 is 6.56. The third-order valence-corrected chi connectivity index (χ3v) is 5.28. The zero-order valence-electron chi connectivity index (χ0n) is 15.8. The predicted molar refractivity (Wildman–Crippen MR) is 117 cm³/mol. The Kier molecular flexibility index (Phi) is 10.0. The standard InChI is InChI=1S/C19H24N2O3S2.ClH/c1-4-14-5-7-15(8-6-14)13-16-18(23)21(19(25)26-16)10-9-17(22)24-12-11-20(2)3;/h5-8,13H,4,9-12H2,1-3H3;1H/b16-13+;. The molecule has 0 aromatic heterocycles. The van der Waals surface area contributed by atoms with Crippen LogP contribution in [0.3, 0.4) is 0 Å². The van der Waals surface area contributed by atoms with Crippen molar-refractivity contribution in [3.63, 3.8) is 0 Å². The number of hydrogen-bond acceptors (Lipinski definition) is 6. The quantitative estimate of drug-likeness (QED) is 0.359. The van der Waals surface area contributed by atoms with Crippen molar-refractivity contribution in [2.75, 3.05) is 33.8 Å². The predicted octanol–water partition coefficient (Wildman–Crippen LogP) is 3.37. The van der Waals surface area contributed by atoms with Crippen LogP contribution in [-0.4, -0.2) is 59.8 Å². The van der Waals surface area contributed by atoms with Crippen molar-refractivity contribution < 1.29 is 14.3 Å². The Hall–Kier alpha value is -1.41. The van der Waals surface area contributed by atoms with Crippen LogP contribution in [0.15, 0.2) is 29.2 Å². The number of carbonyl (C=O) groups is 2. The minimum atomic E-state index is -0.319. The van der Waals surface area contributed by atoms with Crippen LogP contribution in [0, 0.1) is 0 Å². The van der Waals surface area contributed by atoms with Gasteiger partial charge >= 0.3 is 5.97 Å². The molecule has 0 radical (unpaired) electrons. The second-order valence-corrected chi connectivity index (χ2v) is 7.88. The lowest BCUT2D eigenvalue weighted by Gasteiger charge is -2.14. The van der Waals surface area contributed by atoms with E-state index >= 15 is 0 Å². The van der Waals surface area contributed by atoms with Crippen LogP contribution >= 0.6 is 36.4 Å². The van der Waals surface area contributed by atoms with Crippen molar-refractivity contribution in [3.8, 4) is 0 Å². The first-order valence-corrected chi connectivity index (χ1v) is 9.78. The third kappa shape index (κ3) is 7.25. The average molecular weight is 429 g/mol. The molecular formula is C19H25ClN2O3S2. The molecule has 1 saturated heterocycles. The van der Waals surface area contributed by atoms with Gasteiger partial charge in [-0.2, -0.15) is 0 Å². The summed E-state index contributed by atoms with van der Waals surface area (Å²) in [6.07, 6.45) is 2.96. The largest absolute Gasteiger partial charge is 0.464 e. The molecule has 27 heavy (non-hydrogen) atoms. The summed E-state index contributed by atoms with van der Waals surface area (Å²) in [4.78, 5) is 28.3. The molecule has 0 atom stereocenters. The molecule has 0 N–H and O–H groups in total. The van der Waals surface area contributed by atoms with Crippen molar-refractivity contribution >= 4 is 58.7 Å². The molecule has 0 spiro atoms. The monoisotopic (exact) mass is 428 g/mol. The van der Waals surface area contributed by atoms with Gasteiger partial charge in [0.2, 0.25) is 0 Å². The molecule has 1 amide bonds. The number of halogens is 1. The van der Waals surface area contributed by atoms with Crippen LogP contribution in [0.5, 0.6) is 0 Å². The Morgan fingerprint density at radius 3 is 2.56 bits per heavy atom. The normalized spacial score (nSPS) is 15.4. The molecule has 1 aromatic carbocycles. The molecule has 8 heteroatoms. The number of benzene rings is 1. The van der Waals surface area contributed by atoms with Gasteiger partial charge in [0, 0.05) is 13.1 Å². The molecule has 1 heterocycles. The molecule has 5 nitrogen and oxygen atoms in total. The molecule has 1 fully saturated rings. The molecule has 0 bridgehead atoms. The first-order chi connectivity index (χ1) is 12.4. The lowest BCUT2D eigenvalue weighted by molar-refractivity contribution is -0.144. The van der Waals surface area contributed by atoms with Crippen LogP contribution in [0.2, 0.25) is 0 Å². The molecule has 2 rings (SSSR count). The van der Waals surface area contributed by atoms with Crippen molar-refractivity contribution in [1.29, 1.82) is 0 Å². The third-order valence-electron chi connectivity index (χ3n) is 3.90. The van der Waals surface area contributed by atoms with E-state index in [1.165, 1.54) is 22.2 Å². The SMILES string of the molecule is CCc1ccc(/C=C2/SC(=S)N(CCC(=O)OCCN(C)C)C2=O)cc1.Cl. The van der Waals surface area contributed by atoms with Gasteiger partial charge in [-0.05, 0) is 37.7 Å². The number of carbonyl (C=O) groups excluding carboxylic acids is 2. The number of nitrogens with zero attached hydrogens (tertiary/aromatic N) is 2. The highest BCUT2D eigenvalue weighted by atomic mass is 35.5. The minimum Gasteiger partial charge on any atom is -0.464 e. The van der Waals surface area contributed by atoms with Gasteiger partial charge in [0.05, 0.1) is 11.3 Å². The maximum Gasteiger partial charge on any atom is 0.307 e. The first kappa shape index (κ1) is 23.6. The van der Waals surface area contributed by atoms with E-state index < -0.39 is 0 Å². The van der Waals surface area contributed by atoms with Crippen LogP contribution in [0.25, 0.3) is 6.08 Å². The van der Waals surface area contributed by atoms with Gasteiger partial charge < -0.3 is 9.64 Å². The number of thiocarbonyl (C=S) groups is 1. The maximum absolute atomic E-state index is 12.5. The topological polar surface area (TPSA) is 49.9 Å². The van der Waals surface area contributed by atoms with E-state index in [0.29, 0.717) is 22.4 Å². The van der Waals surface area contributed by atoms with E-state index in [9.17, 15) is 9.59 Å². The van der Waals surface area contributed by atoms with Gasteiger partial charge in [0.1, 0.15) is 10.9 Å². The summed E-state index contributed by atoms with van der Waals surface area (Å²) in [5.74, 6) is -0.472. The number of hydrogen-bond donors (Lipinski definition) is 0. The van der Waals surface area contributed by atoms with Gasteiger partial charge in [-0.25, -0.2) is 0 Å². The van der Waals surface area contributed by atoms with Crippen molar-refractivity contribution in [1.82, 2.24) is 9.80 Å². The Bertz CT molecular complexity index is 705. The van der Waals surface area contributed by atoms with E-state index in [1.807, 2.05) is 37.2 Å². The summed E-state index contributed by atoms with van der Waals surface area (Å²) in [5.41, 5.74) is 2.22. The van der Waals surface area contributed by atoms with E-state index in [2.05, 4.69) is 19.1 Å². The number of thioether (sulfide) groups is 1. The van der Waals surface area contributed by atoms with Crippen molar-refractivity contribution in [2.24, 2.45) is 0 Å². The van der Waals surface area contributed by atoms with Crippen LogP contribution in [0.4, 0.5) is 0 Å². The summed E-state index contributed by atoms with van der Waals surface area (Å²) in [6, 6.07) is 8.09. The van der Waals surface area contributed by atoms with E-state index in [0.717, 1.165) is 12.0 Å². The Labute approximate surface area is 176 Å². The van der Waals surface area contributed by atoms with Crippen molar-refractivity contribution in [3.05, 3.63) is 40.3 Å². The van der Waals surface area contributed by atoms with Crippen molar-refractivity contribution in [2.45, 2.75) is 19.8 Å². The number of aryl methyl sites for hydroxylation is 1. The van der Waals surface area contributed by atoms with Crippen LogP contribution in [-0.2, 0) is 20.7 Å². The summed E-state index contributed by atoms with van der Waals surface area (Å²) in [7, 11) is 3.83. The number of ether oxygens (including phenoxy) is 1. The average Bonchev–Trinajstić information content (AvgIpc) is 2.87. The summed E-state index contributed by atoms with van der Waals surface area (Å²) in [5, 5.41) is 0. The van der Waals surface area contributed by atoms with E-state index in [1.54, 1.807) is 0 Å². The number of likely N-dealkylation sites (N-methyl/N-ethyl adjacent to an activating group) is 1. The highest BCUT2D eigenvalue weighted by Crippen LogP contribution is 2.32. The van der Waals surface area contributed by atoms with Gasteiger partial charge in [0.25, 0.3) is 5.91 Å². The zero-order chi connectivity index (χ0) is 19.1. The summed E-state index contributed by atoms with van der Waals surface area (Å²) in [6.45, 7) is 3.37. The molecule has 1 aliphatic heterocycles. The Morgan fingerprint density at radius 2 is 1.96 bits per heavy atom. The van der Waals surface area contributed by atoms with Crippen LogP contribution < -0.4 is 0 Å². The fraction of sp³-hybridized carbons (Fsp3) is 0.421. The lowest BCUT2D eigenvalue weighted by Crippen LogP contribution is -2.31. The van der Waals surface area contributed by atoms with Gasteiger partial charge in [0.15, 0.2) is 0 Å². The Morgan fingerprint density at radius 1 is 1.30 bits per heavy atom. The molecular weight excluding hydrogens is 404 g/mol. The molecule has 0 saturated carbocycles. The molecule has 1 aliphatic rings. The number of esters is 1. The second-order valence-electron chi connectivity index (χ2n) is 6.20. The highest BCUT2D eigenvalue weighted by molar-refractivity contribution is 8.26. The highest BCUT2D eigenvalue weighted by Gasteiger charge is 2.32. The molecule has 0 aliphatic carbocycles. The fourth-order valence-corrected chi connectivity index (χ4v) is 3.62. The maximum atomic E-state index is 12.5. The number of amides is 1. The minimum absolute atomic E-state index is 0. The van der Waals surface area contributed by atoms with Gasteiger partial charge in [-0.3, -0.25) is 14.5 Å². The molecule has 0 unspecified atom stereocenters. The van der Waals surface area contributed by atoms with E-state index in [-0.39, 0.29) is 37.2 Å². The molecule has 1 aromatic rings. The van der Waals surface area contributed by atoms with E-state index in [4.69, 9.17) is 17.0 Å². The zero-order valence-corrected chi connectivity index (χ0v) is 18.2. The molecule has 148 valence electrons. The smallest absolute Gasteiger partial charge is 0.307 e. The number of rotatable bonds is 8. The summed E-state index contributed by atoms with van der Waals surface area (Å²) < 4.78 is 5.62. The Balaban J connectivity index is 0.00000364.